The number of primary amides is 1. The molecule has 2 heterocycles. The van der Waals surface area contributed by atoms with E-state index in [1.165, 1.54) is 6.07 Å². The summed E-state index contributed by atoms with van der Waals surface area (Å²) in [5.41, 5.74) is 5.29. The maximum Gasteiger partial charge on any atom is 0.402 e. The summed E-state index contributed by atoms with van der Waals surface area (Å²) in [6.07, 6.45) is 4.65. The first-order valence-electron chi connectivity index (χ1n) is 10.3. The number of likely N-dealkylation sites (N-methyl/N-ethyl adjacent to an activating group) is 1. The third-order valence-corrected chi connectivity index (χ3v) is 5.27. The molecule has 2 aromatic rings. The molecule has 0 aliphatic carbocycles. The normalized spacial score (nSPS) is 13.7. The van der Waals surface area contributed by atoms with Crippen LogP contribution in [0.25, 0.3) is 0 Å². The first-order chi connectivity index (χ1) is 16.2. The number of nitrogens with one attached hydrogen (secondary N) is 1. The van der Waals surface area contributed by atoms with Crippen molar-refractivity contribution in [3.05, 3.63) is 54.6 Å². The number of carbonyl (C=O) groups is 3. The summed E-state index contributed by atoms with van der Waals surface area (Å²) < 4.78 is 13.7. The molecule has 0 unspecified atom stereocenters. The molecule has 5 N–H and O–H groups in total. The van der Waals surface area contributed by atoms with Crippen LogP contribution in [0.2, 0.25) is 0 Å². The number of carbonyl (C=O) groups excluding carboxylic acids is 1. The van der Waals surface area contributed by atoms with E-state index in [1.54, 1.807) is 65.3 Å². The number of halogens is 1. The van der Waals surface area contributed by atoms with Gasteiger partial charge < -0.3 is 31.1 Å². The molecular weight excluding hydrogens is 465 g/mol. The van der Waals surface area contributed by atoms with E-state index in [4.69, 9.17) is 15.0 Å². The molecule has 186 valence electrons. The second-order valence-corrected chi connectivity index (χ2v) is 7.91. The maximum absolute atomic E-state index is 13.7. The lowest BCUT2D eigenvalue weighted by molar-refractivity contribution is -0.139. The number of aromatic nitrogens is 1. The Hall–Kier alpha value is -3.38. The smallest absolute Gasteiger partial charge is 0.402 e. The molecule has 3 rings (SSSR count). The Morgan fingerprint density at radius 2 is 1.91 bits per heavy atom. The number of para-hydroxylation sites is 1. The van der Waals surface area contributed by atoms with E-state index < -0.39 is 12.1 Å². The van der Waals surface area contributed by atoms with Crippen LogP contribution in [0.15, 0.2) is 48.8 Å². The van der Waals surface area contributed by atoms with Gasteiger partial charge in [0.25, 0.3) is 0 Å². The molecular formula is C22H30FN5O5S. The Bertz CT molecular complexity index is 918. The van der Waals surface area contributed by atoms with E-state index in [-0.39, 0.29) is 24.3 Å². The SMILES string of the molecule is CN[C@@H](CCSC)C(=O)O.NC(=O)O.O=C1CN(c2ccccc2F)CCN1c1cccnc1. The van der Waals surface area contributed by atoms with Crippen molar-refractivity contribution in [2.75, 3.05) is 48.5 Å². The summed E-state index contributed by atoms with van der Waals surface area (Å²) in [5.74, 6) is -0.225. The van der Waals surface area contributed by atoms with Gasteiger partial charge in [0.05, 0.1) is 24.1 Å². The monoisotopic (exact) mass is 495 g/mol. The highest BCUT2D eigenvalue weighted by Gasteiger charge is 2.26. The van der Waals surface area contributed by atoms with Crippen LogP contribution in [0.3, 0.4) is 0 Å². The van der Waals surface area contributed by atoms with Crippen molar-refractivity contribution in [1.82, 2.24) is 10.3 Å². The van der Waals surface area contributed by atoms with E-state index in [1.807, 2.05) is 12.3 Å². The largest absolute Gasteiger partial charge is 0.480 e. The molecule has 1 aliphatic rings. The van der Waals surface area contributed by atoms with Gasteiger partial charge in [-0.15, -0.1) is 0 Å². The van der Waals surface area contributed by atoms with Gasteiger partial charge in [-0.3, -0.25) is 14.6 Å². The van der Waals surface area contributed by atoms with Crippen molar-refractivity contribution in [3.63, 3.8) is 0 Å². The Balaban J connectivity index is 0.000000348. The third-order valence-electron chi connectivity index (χ3n) is 4.63. The number of hydrogen-bond acceptors (Lipinski definition) is 7. The van der Waals surface area contributed by atoms with Crippen LogP contribution in [0, 0.1) is 5.82 Å². The first-order valence-corrected chi connectivity index (χ1v) is 11.7. The summed E-state index contributed by atoms with van der Waals surface area (Å²) in [5, 5.41) is 18.4. The molecule has 1 aromatic heterocycles. The lowest BCUT2D eigenvalue weighted by atomic mass is 10.2. The predicted molar refractivity (Wildman–Crippen MR) is 131 cm³/mol. The highest BCUT2D eigenvalue weighted by atomic mass is 32.2. The molecule has 0 bridgehead atoms. The molecule has 0 spiro atoms. The Labute approximate surface area is 201 Å². The highest BCUT2D eigenvalue weighted by molar-refractivity contribution is 7.98. The number of benzene rings is 1. The topological polar surface area (TPSA) is 149 Å². The number of nitrogens with two attached hydrogens (primary N) is 1. The van der Waals surface area contributed by atoms with Gasteiger partial charge in [-0.2, -0.15) is 11.8 Å². The summed E-state index contributed by atoms with van der Waals surface area (Å²) >= 11 is 1.66. The fraction of sp³-hybridized carbons (Fsp3) is 0.364. The van der Waals surface area contributed by atoms with Crippen molar-refractivity contribution in [2.45, 2.75) is 12.5 Å². The van der Waals surface area contributed by atoms with Crippen LogP contribution in [0.1, 0.15) is 6.42 Å². The standard InChI is InChI=1S/C15H14FN3O.C6H13NO2S.CH3NO2/c16-13-5-1-2-6-14(13)18-8-9-19(15(20)11-18)12-4-3-7-17-10-12;1-7-5(6(8)9)3-4-10-2;2-1(3)4/h1-7,10H,8-9,11H2;5,7H,3-4H2,1-2H3,(H,8,9);2H2,(H,3,4)/t;5-;/m.0./s1. The number of piperazine rings is 1. The summed E-state index contributed by atoms with van der Waals surface area (Å²) in [6, 6.07) is 9.79. The van der Waals surface area contributed by atoms with Gasteiger partial charge in [0.15, 0.2) is 0 Å². The Morgan fingerprint density at radius 3 is 2.41 bits per heavy atom. The number of amides is 2. The fourth-order valence-corrected chi connectivity index (χ4v) is 3.47. The van der Waals surface area contributed by atoms with Crippen LogP contribution in [-0.4, -0.2) is 77.9 Å². The maximum atomic E-state index is 13.7. The summed E-state index contributed by atoms with van der Waals surface area (Å²) in [7, 11) is 1.67. The first kappa shape index (κ1) is 28.7. The van der Waals surface area contributed by atoms with E-state index in [9.17, 15) is 14.0 Å². The second-order valence-electron chi connectivity index (χ2n) is 6.93. The summed E-state index contributed by atoms with van der Waals surface area (Å²) in [6.45, 7) is 1.30. The van der Waals surface area contributed by atoms with Gasteiger partial charge in [0.2, 0.25) is 5.91 Å². The van der Waals surface area contributed by atoms with Gasteiger partial charge in [-0.25, -0.2) is 9.18 Å². The van der Waals surface area contributed by atoms with Crippen LogP contribution >= 0.6 is 11.8 Å². The number of hydrogen-bond donors (Lipinski definition) is 4. The highest BCUT2D eigenvalue weighted by Crippen LogP contribution is 2.22. The average Bonchev–Trinajstić information content (AvgIpc) is 2.80. The van der Waals surface area contributed by atoms with Gasteiger partial charge in [-0.05, 0) is 49.7 Å². The van der Waals surface area contributed by atoms with Gasteiger partial charge in [0, 0.05) is 19.3 Å². The number of nitrogens with zero attached hydrogens (tertiary/aromatic N) is 3. The number of carboxylic acids is 1. The Kier molecular flexibility index (Phi) is 13.0. The number of anilines is 2. The lowest BCUT2D eigenvalue weighted by Crippen LogP contribution is -2.50. The molecule has 0 radical (unpaired) electrons. The minimum absolute atomic E-state index is 0.0486. The van der Waals surface area contributed by atoms with Gasteiger partial charge in [-0.1, -0.05) is 12.1 Å². The zero-order valence-corrected chi connectivity index (χ0v) is 19.9. The number of pyridine rings is 1. The fourth-order valence-electron chi connectivity index (χ4n) is 3.00. The van der Waals surface area contributed by atoms with Crippen molar-refractivity contribution in [2.24, 2.45) is 5.73 Å². The van der Waals surface area contributed by atoms with Crippen molar-refractivity contribution < 1.29 is 29.0 Å². The number of rotatable bonds is 7. The zero-order chi connectivity index (χ0) is 25.5. The summed E-state index contributed by atoms with van der Waals surface area (Å²) in [4.78, 5) is 38.8. The molecule has 1 aromatic carbocycles. The molecule has 1 saturated heterocycles. The van der Waals surface area contributed by atoms with E-state index in [2.05, 4.69) is 16.0 Å². The number of aliphatic carboxylic acids is 1. The van der Waals surface area contributed by atoms with Crippen LogP contribution in [-0.2, 0) is 9.59 Å². The van der Waals surface area contributed by atoms with Crippen LogP contribution in [0.4, 0.5) is 20.6 Å². The van der Waals surface area contributed by atoms with Crippen molar-refractivity contribution in [1.29, 1.82) is 0 Å². The third kappa shape index (κ3) is 10.0. The predicted octanol–water partition coefficient (Wildman–Crippen LogP) is 2.11. The molecule has 1 fully saturated rings. The van der Waals surface area contributed by atoms with E-state index >= 15 is 0 Å². The molecule has 1 aliphatic heterocycles. The lowest BCUT2D eigenvalue weighted by Gasteiger charge is -2.35. The quantitative estimate of drug-likeness (QED) is 0.453. The van der Waals surface area contributed by atoms with Gasteiger partial charge >= 0.3 is 12.1 Å². The van der Waals surface area contributed by atoms with Crippen LogP contribution in [0.5, 0.6) is 0 Å². The molecule has 12 heteroatoms. The zero-order valence-electron chi connectivity index (χ0n) is 19.1. The van der Waals surface area contributed by atoms with Crippen molar-refractivity contribution in [3.8, 4) is 0 Å². The molecule has 1 atom stereocenters. The van der Waals surface area contributed by atoms with E-state index in [0.717, 1.165) is 11.4 Å². The Morgan fingerprint density at radius 1 is 1.24 bits per heavy atom. The van der Waals surface area contributed by atoms with Gasteiger partial charge in [0.1, 0.15) is 11.9 Å². The van der Waals surface area contributed by atoms with E-state index in [0.29, 0.717) is 25.2 Å². The minimum Gasteiger partial charge on any atom is -0.480 e. The molecule has 34 heavy (non-hydrogen) atoms. The average molecular weight is 496 g/mol. The minimum atomic E-state index is -1.33. The molecule has 10 nitrogen and oxygen atoms in total. The van der Waals surface area contributed by atoms with Crippen LogP contribution < -0.4 is 20.9 Å². The van der Waals surface area contributed by atoms with Crippen molar-refractivity contribution >= 4 is 41.1 Å². The molecule has 2 amide bonds. The second kappa shape index (κ2) is 15.5. The number of carboxylic acid groups (broad SMARTS) is 2. The molecule has 0 saturated carbocycles. The number of thioether (sulfide) groups is 1.